The number of hydrogen-bond acceptors (Lipinski definition) is 7. The van der Waals surface area contributed by atoms with Gasteiger partial charge < -0.3 is 24.4 Å². The van der Waals surface area contributed by atoms with Gasteiger partial charge in [-0.3, -0.25) is 13.9 Å². The van der Waals surface area contributed by atoms with Gasteiger partial charge in [0.05, 0.1) is 31.9 Å². The summed E-state index contributed by atoms with van der Waals surface area (Å²) in [6.45, 7) is 5.12. The number of carbonyl (C=O) groups is 2. The molecular formula is C30H36ClN3O7S. The van der Waals surface area contributed by atoms with Gasteiger partial charge in [0.1, 0.15) is 18.3 Å². The predicted molar refractivity (Wildman–Crippen MR) is 162 cm³/mol. The highest BCUT2D eigenvalue weighted by molar-refractivity contribution is 7.92. The van der Waals surface area contributed by atoms with Gasteiger partial charge in [0, 0.05) is 24.2 Å². The van der Waals surface area contributed by atoms with Crippen molar-refractivity contribution in [2.45, 2.75) is 38.3 Å². The van der Waals surface area contributed by atoms with E-state index >= 15 is 0 Å². The van der Waals surface area contributed by atoms with E-state index in [2.05, 4.69) is 5.32 Å². The van der Waals surface area contributed by atoms with Gasteiger partial charge in [-0.05, 0) is 56.7 Å². The fraction of sp³-hybridized carbons (Fsp3) is 0.333. The first-order valence-corrected chi connectivity index (χ1v) is 15.0. The van der Waals surface area contributed by atoms with Gasteiger partial charge in [-0.25, -0.2) is 8.42 Å². The number of hydrogen-bond donors (Lipinski definition) is 1. The Hall–Kier alpha value is -3.96. The number of anilines is 1. The average molecular weight is 618 g/mol. The lowest BCUT2D eigenvalue weighted by molar-refractivity contribution is -0.139. The molecule has 3 rings (SSSR count). The molecule has 0 aliphatic rings. The first kappa shape index (κ1) is 32.6. The van der Waals surface area contributed by atoms with Crippen LogP contribution in [0.4, 0.5) is 5.69 Å². The van der Waals surface area contributed by atoms with E-state index < -0.39 is 28.5 Å². The number of amides is 2. The lowest BCUT2D eigenvalue weighted by atomic mass is 10.1. The van der Waals surface area contributed by atoms with Crippen LogP contribution in [0.1, 0.15) is 25.0 Å². The average Bonchev–Trinajstić information content (AvgIpc) is 2.98. The molecule has 12 heteroatoms. The number of methoxy groups -OCH3 is 3. The highest BCUT2D eigenvalue weighted by Crippen LogP contribution is 2.37. The molecule has 1 unspecified atom stereocenters. The van der Waals surface area contributed by atoms with Gasteiger partial charge in [-0.2, -0.15) is 0 Å². The van der Waals surface area contributed by atoms with E-state index in [0.29, 0.717) is 12.3 Å². The Bertz CT molecular complexity index is 1510. The summed E-state index contributed by atoms with van der Waals surface area (Å²) in [5.74, 6) is -0.278. The van der Waals surface area contributed by atoms with E-state index in [1.807, 2.05) is 31.2 Å². The maximum absolute atomic E-state index is 14.2. The maximum atomic E-state index is 14.2. The molecular weight excluding hydrogens is 582 g/mol. The van der Waals surface area contributed by atoms with E-state index in [-0.39, 0.29) is 39.6 Å². The number of benzene rings is 3. The van der Waals surface area contributed by atoms with Crippen LogP contribution in [0.15, 0.2) is 65.6 Å². The number of nitrogens with one attached hydrogen (secondary N) is 1. The largest absolute Gasteiger partial charge is 0.495 e. The Kier molecular flexibility index (Phi) is 11.1. The van der Waals surface area contributed by atoms with E-state index in [0.717, 1.165) is 15.4 Å². The van der Waals surface area contributed by atoms with Crippen LogP contribution in [0, 0.1) is 6.92 Å². The van der Waals surface area contributed by atoms with Gasteiger partial charge in [0.15, 0.2) is 11.5 Å². The quantitative estimate of drug-likeness (QED) is 0.302. The Morgan fingerprint density at radius 3 is 2.12 bits per heavy atom. The van der Waals surface area contributed by atoms with Gasteiger partial charge in [-0.15, -0.1) is 0 Å². The third-order valence-corrected chi connectivity index (χ3v) is 8.61. The number of sulfonamides is 1. The molecule has 0 aliphatic heterocycles. The molecule has 1 atom stereocenters. The third-order valence-electron chi connectivity index (χ3n) is 6.62. The zero-order chi connectivity index (χ0) is 31.0. The molecule has 226 valence electrons. The van der Waals surface area contributed by atoms with Crippen molar-refractivity contribution in [3.05, 3.63) is 76.8 Å². The van der Waals surface area contributed by atoms with Crippen molar-refractivity contribution >= 4 is 39.1 Å². The molecule has 0 spiro atoms. The van der Waals surface area contributed by atoms with E-state index in [9.17, 15) is 18.0 Å². The lowest BCUT2D eigenvalue weighted by Gasteiger charge is -2.32. The fourth-order valence-electron chi connectivity index (χ4n) is 4.27. The molecule has 10 nitrogen and oxygen atoms in total. The van der Waals surface area contributed by atoms with Gasteiger partial charge in [0.2, 0.25) is 11.8 Å². The van der Waals surface area contributed by atoms with Crippen molar-refractivity contribution in [3.63, 3.8) is 0 Å². The summed E-state index contributed by atoms with van der Waals surface area (Å²) < 4.78 is 45.4. The van der Waals surface area contributed by atoms with Crippen LogP contribution in [0.5, 0.6) is 17.2 Å². The van der Waals surface area contributed by atoms with Crippen molar-refractivity contribution < 1.29 is 32.2 Å². The van der Waals surface area contributed by atoms with Crippen LogP contribution in [-0.2, 0) is 26.2 Å². The molecule has 2 amide bonds. The Balaban J connectivity index is 2.14. The molecule has 0 saturated carbocycles. The van der Waals surface area contributed by atoms with Crippen LogP contribution in [0.25, 0.3) is 0 Å². The summed E-state index contributed by atoms with van der Waals surface area (Å²) >= 11 is 6.29. The summed E-state index contributed by atoms with van der Waals surface area (Å²) in [7, 11) is -0.201. The molecule has 0 saturated heterocycles. The monoisotopic (exact) mass is 617 g/mol. The van der Waals surface area contributed by atoms with Crippen LogP contribution >= 0.6 is 11.6 Å². The first-order chi connectivity index (χ1) is 20.0. The second kappa shape index (κ2) is 14.3. The van der Waals surface area contributed by atoms with Gasteiger partial charge in [0.25, 0.3) is 10.0 Å². The number of nitrogens with zero attached hydrogens (tertiary/aromatic N) is 2. The third kappa shape index (κ3) is 7.46. The molecule has 0 bridgehead atoms. The number of aryl methyl sites for hydroxylation is 1. The van der Waals surface area contributed by atoms with E-state index in [1.54, 1.807) is 19.9 Å². The fourth-order valence-corrected chi connectivity index (χ4v) is 5.87. The molecule has 0 aromatic heterocycles. The van der Waals surface area contributed by atoms with Crippen molar-refractivity contribution in [1.82, 2.24) is 10.2 Å². The van der Waals surface area contributed by atoms with Crippen LogP contribution in [0.2, 0.25) is 5.02 Å². The standard InChI is InChI=1S/C30H36ClN3O7S/c1-7-32-30(36)21(3)33(18-22-10-8-20(2)9-11-22)29(35)19-34(25-16-23(31)12-14-26(25)39-4)42(37,38)24-13-15-27(40-5)28(17-24)41-6/h8-17,21H,7,18-19H2,1-6H3,(H,32,36). The molecule has 0 fully saturated rings. The van der Waals surface area contributed by atoms with Crippen molar-refractivity contribution in [1.29, 1.82) is 0 Å². The SMILES string of the molecule is CCNC(=O)C(C)N(Cc1ccc(C)cc1)C(=O)CN(c1cc(Cl)ccc1OC)S(=O)(=O)c1ccc(OC)c(OC)c1. The molecule has 42 heavy (non-hydrogen) atoms. The molecule has 3 aromatic rings. The van der Waals surface area contributed by atoms with Crippen LogP contribution < -0.4 is 23.8 Å². The topological polar surface area (TPSA) is 114 Å². The number of rotatable bonds is 13. The second-order valence-electron chi connectivity index (χ2n) is 9.42. The number of likely N-dealkylation sites (N-methyl/N-ethyl adjacent to an activating group) is 1. The summed E-state index contributed by atoms with van der Waals surface area (Å²) in [4.78, 5) is 28.1. The normalized spacial score (nSPS) is 11.8. The van der Waals surface area contributed by atoms with Gasteiger partial charge in [-0.1, -0.05) is 41.4 Å². The Morgan fingerprint density at radius 2 is 1.52 bits per heavy atom. The highest BCUT2D eigenvalue weighted by Gasteiger charge is 2.34. The van der Waals surface area contributed by atoms with Gasteiger partial charge >= 0.3 is 0 Å². The smallest absolute Gasteiger partial charge is 0.265 e. The molecule has 3 aromatic carbocycles. The lowest BCUT2D eigenvalue weighted by Crippen LogP contribution is -2.51. The minimum absolute atomic E-state index is 0.0501. The highest BCUT2D eigenvalue weighted by atomic mass is 35.5. The number of ether oxygens (including phenoxy) is 3. The molecule has 0 heterocycles. The maximum Gasteiger partial charge on any atom is 0.265 e. The zero-order valence-electron chi connectivity index (χ0n) is 24.5. The van der Waals surface area contributed by atoms with E-state index in [1.165, 1.54) is 56.6 Å². The van der Waals surface area contributed by atoms with Crippen molar-refractivity contribution in [2.75, 3.05) is 38.7 Å². The number of carbonyl (C=O) groups excluding carboxylic acids is 2. The summed E-state index contributed by atoms with van der Waals surface area (Å²) in [6.07, 6.45) is 0. The molecule has 0 aliphatic carbocycles. The summed E-state index contributed by atoms with van der Waals surface area (Å²) in [6, 6.07) is 15.2. The van der Waals surface area contributed by atoms with Crippen LogP contribution in [-0.4, -0.2) is 65.6 Å². The van der Waals surface area contributed by atoms with E-state index in [4.69, 9.17) is 25.8 Å². The number of halogens is 1. The molecule has 1 N–H and O–H groups in total. The predicted octanol–water partition coefficient (Wildman–Crippen LogP) is 4.42. The zero-order valence-corrected chi connectivity index (χ0v) is 26.1. The van der Waals surface area contributed by atoms with Crippen molar-refractivity contribution in [3.8, 4) is 17.2 Å². The van der Waals surface area contributed by atoms with Crippen molar-refractivity contribution in [2.24, 2.45) is 0 Å². The minimum atomic E-state index is -4.41. The van der Waals surface area contributed by atoms with Crippen LogP contribution in [0.3, 0.4) is 0 Å². The first-order valence-electron chi connectivity index (χ1n) is 13.2. The second-order valence-corrected chi connectivity index (χ2v) is 11.7. The summed E-state index contributed by atoms with van der Waals surface area (Å²) in [5, 5.41) is 2.97. The Labute approximate surface area is 252 Å². The Morgan fingerprint density at radius 1 is 0.905 bits per heavy atom. The summed E-state index contributed by atoms with van der Waals surface area (Å²) in [5.41, 5.74) is 1.86. The minimum Gasteiger partial charge on any atom is -0.495 e. The molecule has 0 radical (unpaired) electrons.